The van der Waals surface area contributed by atoms with Crippen molar-refractivity contribution >= 4 is 16.1 Å². The van der Waals surface area contributed by atoms with Crippen LogP contribution in [0, 0.1) is 0 Å². The molecule has 0 bridgehead atoms. The highest BCUT2D eigenvalue weighted by Gasteiger charge is 2.34. The first kappa shape index (κ1) is 18.8. The molecule has 1 aliphatic rings. The van der Waals surface area contributed by atoms with Crippen LogP contribution in [0.2, 0.25) is 0 Å². The maximum absolute atomic E-state index is 12.6. The van der Waals surface area contributed by atoms with E-state index in [2.05, 4.69) is 14.9 Å². The highest BCUT2D eigenvalue weighted by Crippen LogP contribution is 2.17. The van der Waals surface area contributed by atoms with Crippen molar-refractivity contribution in [1.82, 2.24) is 24.1 Å². The Morgan fingerprint density at radius 1 is 1.54 bits per heavy atom. The number of aliphatic hydroxyl groups is 1. The molecular weight excluding hydrogens is 334 g/mol. The van der Waals surface area contributed by atoms with E-state index >= 15 is 0 Å². The molecule has 2 rings (SSSR count). The number of likely N-dealkylation sites (tertiary alicyclic amines) is 1. The van der Waals surface area contributed by atoms with Gasteiger partial charge >= 0.3 is 0 Å². The number of nitrogens with zero attached hydrogens (tertiary/aromatic N) is 3. The highest BCUT2D eigenvalue weighted by molar-refractivity contribution is 7.87. The lowest BCUT2D eigenvalue weighted by Gasteiger charge is -2.36. The van der Waals surface area contributed by atoms with Gasteiger partial charge in [0.2, 0.25) is 0 Å². The van der Waals surface area contributed by atoms with Crippen LogP contribution < -0.4 is 4.72 Å². The van der Waals surface area contributed by atoms with Crippen molar-refractivity contribution in [3.63, 3.8) is 0 Å². The lowest BCUT2D eigenvalue weighted by Crippen LogP contribution is -2.56. The number of carbonyl (C=O) groups excluding carboxylic acids is 1. The fraction of sp³-hybridized carbons (Fsp3) is 0.714. The van der Waals surface area contributed by atoms with E-state index in [4.69, 9.17) is 0 Å². The molecule has 136 valence electrons. The minimum atomic E-state index is -3.62. The van der Waals surface area contributed by atoms with Crippen molar-refractivity contribution in [2.75, 3.05) is 27.2 Å². The third kappa shape index (κ3) is 4.12. The molecule has 1 aromatic rings. The van der Waals surface area contributed by atoms with E-state index in [-0.39, 0.29) is 12.5 Å². The van der Waals surface area contributed by atoms with Crippen LogP contribution in [0.15, 0.2) is 6.20 Å². The number of aromatic nitrogens is 2. The number of hydrogen-bond acceptors (Lipinski definition) is 5. The number of β-amino-alcohol motifs (C(OH)–C–C–N with tert-alkyl or cyclic N) is 1. The van der Waals surface area contributed by atoms with E-state index in [1.807, 2.05) is 6.92 Å². The standard InChI is InChI=1S/C14H25N5O4S/c1-4-5-11-10(8-15-16-11)14(21)19-7-6-12(13(20)9-19)17-24(22,23)18(2)3/h8,12-13,17,20H,4-7,9H2,1-3H3,(H,15,16)/t12-,13-/m1/s1. The van der Waals surface area contributed by atoms with Gasteiger partial charge in [0.25, 0.3) is 16.1 Å². The largest absolute Gasteiger partial charge is 0.390 e. The topological polar surface area (TPSA) is 119 Å². The monoisotopic (exact) mass is 359 g/mol. The molecule has 0 saturated carbocycles. The third-order valence-electron chi connectivity index (χ3n) is 4.10. The average Bonchev–Trinajstić information content (AvgIpc) is 2.97. The number of aliphatic hydroxyl groups excluding tert-OH is 1. The summed E-state index contributed by atoms with van der Waals surface area (Å²) in [4.78, 5) is 14.1. The molecule has 3 N–H and O–H groups in total. The summed E-state index contributed by atoms with van der Waals surface area (Å²) < 4.78 is 27.3. The Labute approximate surface area is 142 Å². The van der Waals surface area contributed by atoms with Crippen LogP contribution in [0.1, 0.15) is 35.8 Å². The number of H-pyrrole nitrogens is 1. The number of rotatable bonds is 6. The average molecular weight is 359 g/mol. The third-order valence-corrected chi connectivity index (χ3v) is 5.66. The fourth-order valence-electron chi connectivity index (χ4n) is 2.66. The van der Waals surface area contributed by atoms with E-state index in [0.717, 1.165) is 22.8 Å². The summed E-state index contributed by atoms with van der Waals surface area (Å²) >= 11 is 0. The first-order valence-electron chi connectivity index (χ1n) is 7.95. The zero-order valence-corrected chi connectivity index (χ0v) is 15.0. The molecule has 0 aromatic carbocycles. The molecule has 0 radical (unpaired) electrons. The summed E-state index contributed by atoms with van der Waals surface area (Å²) in [6.45, 7) is 2.46. The van der Waals surface area contributed by atoms with E-state index in [0.29, 0.717) is 18.5 Å². The Morgan fingerprint density at radius 2 is 2.25 bits per heavy atom. The quantitative estimate of drug-likeness (QED) is 0.623. The second-order valence-corrected chi connectivity index (χ2v) is 8.05. The van der Waals surface area contributed by atoms with Crippen LogP contribution in [0.4, 0.5) is 0 Å². The number of carbonyl (C=O) groups is 1. The van der Waals surface area contributed by atoms with Gasteiger partial charge in [-0.2, -0.15) is 22.5 Å². The van der Waals surface area contributed by atoms with Gasteiger partial charge in [-0.05, 0) is 12.8 Å². The van der Waals surface area contributed by atoms with E-state index in [1.54, 1.807) is 0 Å². The Bertz CT molecular complexity index is 672. The number of nitrogens with one attached hydrogen (secondary N) is 2. The molecular formula is C14H25N5O4S. The Hall–Kier alpha value is -1.49. The minimum Gasteiger partial charge on any atom is -0.390 e. The molecule has 0 aliphatic carbocycles. The molecule has 1 aromatic heterocycles. The summed E-state index contributed by atoms with van der Waals surface area (Å²) in [6.07, 6.45) is 2.50. The second kappa shape index (κ2) is 7.60. The maximum atomic E-state index is 12.6. The number of aromatic amines is 1. The van der Waals surface area contributed by atoms with Crippen molar-refractivity contribution in [2.24, 2.45) is 0 Å². The van der Waals surface area contributed by atoms with Gasteiger partial charge in [0.1, 0.15) is 0 Å². The first-order chi connectivity index (χ1) is 11.3. The Kier molecular flexibility index (Phi) is 5.97. The molecule has 1 aliphatic heterocycles. The molecule has 1 fully saturated rings. The van der Waals surface area contributed by atoms with Crippen molar-refractivity contribution in [1.29, 1.82) is 0 Å². The van der Waals surface area contributed by atoms with Crippen LogP contribution in [-0.2, 0) is 16.6 Å². The van der Waals surface area contributed by atoms with E-state index in [1.165, 1.54) is 25.2 Å². The lowest BCUT2D eigenvalue weighted by molar-refractivity contribution is 0.0363. The van der Waals surface area contributed by atoms with Crippen molar-refractivity contribution in [2.45, 2.75) is 38.3 Å². The zero-order chi connectivity index (χ0) is 17.9. The summed E-state index contributed by atoms with van der Waals surface area (Å²) in [7, 11) is -0.784. The zero-order valence-electron chi connectivity index (χ0n) is 14.2. The van der Waals surface area contributed by atoms with Crippen molar-refractivity contribution in [3.8, 4) is 0 Å². The number of piperidine rings is 1. The van der Waals surface area contributed by atoms with Crippen LogP contribution in [-0.4, -0.2) is 78.2 Å². The fourth-order valence-corrected chi connectivity index (χ4v) is 3.53. The van der Waals surface area contributed by atoms with E-state index in [9.17, 15) is 18.3 Å². The van der Waals surface area contributed by atoms with Gasteiger partial charge in [0, 0.05) is 32.9 Å². The maximum Gasteiger partial charge on any atom is 0.279 e. The van der Waals surface area contributed by atoms with Crippen LogP contribution in [0.25, 0.3) is 0 Å². The second-order valence-electron chi connectivity index (χ2n) is 6.13. The van der Waals surface area contributed by atoms with Gasteiger partial charge in [-0.1, -0.05) is 13.3 Å². The smallest absolute Gasteiger partial charge is 0.279 e. The lowest BCUT2D eigenvalue weighted by atomic mass is 10.0. The molecule has 9 nitrogen and oxygen atoms in total. The van der Waals surface area contributed by atoms with Gasteiger partial charge in [-0.25, -0.2) is 0 Å². The van der Waals surface area contributed by atoms with Crippen LogP contribution in [0.3, 0.4) is 0 Å². The molecule has 10 heteroatoms. The van der Waals surface area contributed by atoms with Crippen LogP contribution >= 0.6 is 0 Å². The van der Waals surface area contributed by atoms with Gasteiger partial charge < -0.3 is 10.0 Å². The van der Waals surface area contributed by atoms with E-state index < -0.39 is 22.4 Å². The summed E-state index contributed by atoms with van der Waals surface area (Å²) in [5, 5.41) is 17.0. The first-order valence-corrected chi connectivity index (χ1v) is 9.39. The SMILES string of the molecule is CCCc1[nH]ncc1C(=O)N1CC[C@@H](NS(=O)(=O)N(C)C)[C@H](O)C1. The van der Waals surface area contributed by atoms with Crippen LogP contribution in [0.5, 0.6) is 0 Å². The highest BCUT2D eigenvalue weighted by atomic mass is 32.2. The summed E-state index contributed by atoms with van der Waals surface area (Å²) in [6, 6.07) is -0.610. The predicted octanol–water partition coefficient (Wildman–Crippen LogP) is -0.666. The summed E-state index contributed by atoms with van der Waals surface area (Å²) in [5.41, 5.74) is 1.30. The van der Waals surface area contributed by atoms with Crippen molar-refractivity contribution in [3.05, 3.63) is 17.5 Å². The molecule has 2 atom stereocenters. The predicted molar refractivity (Wildman–Crippen MR) is 88.6 cm³/mol. The summed E-state index contributed by atoms with van der Waals surface area (Å²) in [5.74, 6) is -0.194. The molecule has 2 heterocycles. The normalized spacial score (nSPS) is 22.1. The Morgan fingerprint density at radius 3 is 2.83 bits per heavy atom. The van der Waals surface area contributed by atoms with Crippen molar-refractivity contribution < 1.29 is 18.3 Å². The molecule has 0 spiro atoms. The van der Waals surface area contributed by atoms with Gasteiger partial charge in [-0.3, -0.25) is 9.89 Å². The minimum absolute atomic E-state index is 0.0796. The van der Waals surface area contributed by atoms with Gasteiger partial charge in [0.15, 0.2) is 0 Å². The Balaban J connectivity index is 2.02. The molecule has 24 heavy (non-hydrogen) atoms. The molecule has 1 amide bonds. The molecule has 0 unspecified atom stereocenters. The number of amides is 1. The molecule has 1 saturated heterocycles. The number of hydrogen-bond donors (Lipinski definition) is 3. The number of aryl methyl sites for hydroxylation is 1. The van der Waals surface area contributed by atoms with Gasteiger partial charge in [-0.15, -0.1) is 0 Å². The van der Waals surface area contributed by atoms with Gasteiger partial charge in [0.05, 0.1) is 23.9 Å².